The number of likely N-dealkylation sites (tertiary alicyclic amines) is 1. The molecule has 0 unspecified atom stereocenters. The predicted octanol–water partition coefficient (Wildman–Crippen LogP) is 2.42. The zero-order valence-corrected chi connectivity index (χ0v) is 14.1. The predicted molar refractivity (Wildman–Crippen MR) is 86.5 cm³/mol. The fourth-order valence-electron chi connectivity index (χ4n) is 3.03. The lowest BCUT2D eigenvalue weighted by Gasteiger charge is -2.31. The van der Waals surface area contributed by atoms with Gasteiger partial charge in [0.1, 0.15) is 17.1 Å². The van der Waals surface area contributed by atoms with Crippen LogP contribution in [0, 0.1) is 6.92 Å². The Morgan fingerprint density at radius 2 is 1.83 bits per heavy atom. The molecule has 2 heterocycles. The molecule has 0 bridgehead atoms. The van der Waals surface area contributed by atoms with Gasteiger partial charge in [0.15, 0.2) is 5.82 Å². The van der Waals surface area contributed by atoms with Gasteiger partial charge in [-0.1, -0.05) is 11.2 Å². The highest BCUT2D eigenvalue weighted by molar-refractivity contribution is 5.99. The third kappa shape index (κ3) is 3.06. The van der Waals surface area contributed by atoms with E-state index in [2.05, 4.69) is 10.1 Å². The first-order chi connectivity index (χ1) is 11.6. The van der Waals surface area contributed by atoms with Gasteiger partial charge in [-0.2, -0.15) is 4.98 Å². The second-order valence-corrected chi connectivity index (χ2v) is 5.78. The van der Waals surface area contributed by atoms with E-state index in [0.717, 1.165) is 12.8 Å². The lowest BCUT2D eigenvalue weighted by Crippen LogP contribution is -2.38. The third-order valence-corrected chi connectivity index (χ3v) is 4.32. The number of nitrogens with zero attached hydrogens (tertiary/aromatic N) is 3. The zero-order valence-electron chi connectivity index (χ0n) is 14.1. The molecule has 1 aromatic carbocycles. The van der Waals surface area contributed by atoms with Gasteiger partial charge in [0, 0.05) is 19.0 Å². The second kappa shape index (κ2) is 6.90. The highest BCUT2D eigenvalue weighted by Crippen LogP contribution is 2.32. The van der Waals surface area contributed by atoms with Crippen molar-refractivity contribution in [3.05, 3.63) is 35.5 Å². The minimum atomic E-state index is -0.0792. The summed E-state index contributed by atoms with van der Waals surface area (Å²) in [6.07, 6.45) is 1.59. The molecule has 1 amide bonds. The fraction of sp³-hybridized carbons (Fsp3) is 0.471. The maximum atomic E-state index is 12.9. The standard InChI is InChI=1S/C17H21N3O4/c1-11-18-16(24-19-11)12-7-9-20(10-8-12)17(21)15-13(22-2)5-4-6-14(15)23-3/h4-6,12H,7-10H2,1-3H3. The highest BCUT2D eigenvalue weighted by Gasteiger charge is 2.30. The minimum Gasteiger partial charge on any atom is -0.496 e. The van der Waals surface area contributed by atoms with Crippen molar-refractivity contribution < 1.29 is 18.8 Å². The topological polar surface area (TPSA) is 77.7 Å². The molecular weight excluding hydrogens is 310 g/mol. The van der Waals surface area contributed by atoms with E-state index in [4.69, 9.17) is 14.0 Å². The lowest BCUT2D eigenvalue weighted by molar-refractivity contribution is 0.0697. The molecule has 1 aromatic heterocycles. The van der Waals surface area contributed by atoms with Gasteiger partial charge in [0.2, 0.25) is 5.89 Å². The average Bonchev–Trinajstić information content (AvgIpc) is 3.06. The van der Waals surface area contributed by atoms with E-state index in [0.29, 0.717) is 41.9 Å². The first-order valence-electron chi connectivity index (χ1n) is 7.94. The highest BCUT2D eigenvalue weighted by atomic mass is 16.5. The van der Waals surface area contributed by atoms with E-state index in [-0.39, 0.29) is 11.8 Å². The van der Waals surface area contributed by atoms with E-state index in [1.54, 1.807) is 39.3 Å². The van der Waals surface area contributed by atoms with Crippen molar-refractivity contribution >= 4 is 5.91 Å². The van der Waals surface area contributed by atoms with Crippen LogP contribution >= 0.6 is 0 Å². The Labute approximate surface area is 140 Å². The van der Waals surface area contributed by atoms with Gasteiger partial charge in [-0.15, -0.1) is 0 Å². The summed E-state index contributed by atoms with van der Waals surface area (Å²) in [7, 11) is 3.10. The van der Waals surface area contributed by atoms with Crippen molar-refractivity contribution in [2.75, 3.05) is 27.3 Å². The van der Waals surface area contributed by atoms with Crippen molar-refractivity contribution in [3.63, 3.8) is 0 Å². The number of aryl methyl sites for hydroxylation is 1. The van der Waals surface area contributed by atoms with Gasteiger partial charge >= 0.3 is 0 Å². The van der Waals surface area contributed by atoms with Gasteiger partial charge in [-0.25, -0.2) is 0 Å². The third-order valence-electron chi connectivity index (χ3n) is 4.32. The Bertz CT molecular complexity index is 698. The molecule has 0 atom stereocenters. The molecule has 0 saturated carbocycles. The molecule has 1 aliphatic rings. The van der Waals surface area contributed by atoms with E-state index in [1.807, 2.05) is 4.90 Å². The Morgan fingerprint density at radius 3 is 2.33 bits per heavy atom. The Kier molecular flexibility index (Phi) is 4.69. The van der Waals surface area contributed by atoms with Crippen LogP contribution in [0.1, 0.15) is 40.8 Å². The molecule has 0 aliphatic carbocycles. The number of carbonyl (C=O) groups is 1. The van der Waals surface area contributed by atoms with Gasteiger partial charge in [-0.05, 0) is 31.9 Å². The Hall–Kier alpha value is -2.57. The Balaban J connectivity index is 1.74. The van der Waals surface area contributed by atoms with E-state index >= 15 is 0 Å². The summed E-state index contributed by atoms with van der Waals surface area (Å²) in [6, 6.07) is 5.34. The van der Waals surface area contributed by atoms with E-state index < -0.39 is 0 Å². The smallest absolute Gasteiger partial charge is 0.261 e. The molecule has 1 aliphatic heterocycles. The van der Waals surface area contributed by atoms with Crippen molar-refractivity contribution in [1.82, 2.24) is 15.0 Å². The van der Waals surface area contributed by atoms with Crippen LogP contribution in [-0.4, -0.2) is 48.3 Å². The van der Waals surface area contributed by atoms with Crippen LogP contribution in [0.3, 0.4) is 0 Å². The van der Waals surface area contributed by atoms with Gasteiger partial charge in [-0.3, -0.25) is 4.79 Å². The summed E-state index contributed by atoms with van der Waals surface area (Å²) in [6.45, 7) is 3.07. The number of ether oxygens (including phenoxy) is 2. The number of hydrogen-bond donors (Lipinski definition) is 0. The second-order valence-electron chi connectivity index (χ2n) is 5.78. The number of hydrogen-bond acceptors (Lipinski definition) is 6. The molecule has 2 aromatic rings. The quantitative estimate of drug-likeness (QED) is 0.856. The molecule has 3 rings (SSSR count). The zero-order chi connectivity index (χ0) is 17.1. The first kappa shape index (κ1) is 16.3. The van der Waals surface area contributed by atoms with Crippen molar-refractivity contribution in [1.29, 1.82) is 0 Å². The number of benzene rings is 1. The summed E-state index contributed by atoms with van der Waals surface area (Å²) in [5.74, 6) is 2.47. The van der Waals surface area contributed by atoms with Crippen LogP contribution in [0.15, 0.2) is 22.7 Å². The summed E-state index contributed by atoms with van der Waals surface area (Å²) in [5, 5.41) is 3.84. The maximum absolute atomic E-state index is 12.9. The normalized spacial score (nSPS) is 15.4. The van der Waals surface area contributed by atoms with Gasteiger partial charge < -0.3 is 18.9 Å². The number of carbonyl (C=O) groups excluding carboxylic acids is 1. The Morgan fingerprint density at radius 1 is 1.21 bits per heavy atom. The number of aromatic nitrogens is 2. The SMILES string of the molecule is COc1cccc(OC)c1C(=O)N1CCC(c2nc(C)no2)CC1. The number of amides is 1. The fourth-order valence-corrected chi connectivity index (χ4v) is 3.03. The number of rotatable bonds is 4. The molecule has 7 heteroatoms. The van der Waals surface area contributed by atoms with Crippen molar-refractivity contribution in [2.24, 2.45) is 0 Å². The lowest BCUT2D eigenvalue weighted by atomic mass is 9.96. The van der Waals surface area contributed by atoms with Crippen LogP contribution in [-0.2, 0) is 0 Å². The van der Waals surface area contributed by atoms with Crippen LogP contribution in [0.4, 0.5) is 0 Å². The largest absolute Gasteiger partial charge is 0.496 e. The van der Waals surface area contributed by atoms with Gasteiger partial charge in [0.05, 0.1) is 14.2 Å². The number of piperidine rings is 1. The van der Waals surface area contributed by atoms with Crippen LogP contribution in [0.5, 0.6) is 11.5 Å². The molecule has 128 valence electrons. The molecular formula is C17H21N3O4. The summed E-state index contributed by atoms with van der Waals surface area (Å²) in [5.41, 5.74) is 0.467. The first-order valence-corrected chi connectivity index (χ1v) is 7.94. The van der Waals surface area contributed by atoms with Crippen LogP contribution in [0.2, 0.25) is 0 Å². The molecule has 0 spiro atoms. The van der Waals surface area contributed by atoms with E-state index in [9.17, 15) is 4.79 Å². The molecule has 1 fully saturated rings. The molecule has 7 nitrogen and oxygen atoms in total. The average molecular weight is 331 g/mol. The van der Waals surface area contributed by atoms with Crippen molar-refractivity contribution in [2.45, 2.75) is 25.7 Å². The summed E-state index contributed by atoms with van der Waals surface area (Å²) < 4.78 is 15.9. The molecule has 0 N–H and O–H groups in total. The van der Waals surface area contributed by atoms with Gasteiger partial charge in [0.25, 0.3) is 5.91 Å². The van der Waals surface area contributed by atoms with Crippen molar-refractivity contribution in [3.8, 4) is 11.5 Å². The van der Waals surface area contributed by atoms with E-state index in [1.165, 1.54) is 0 Å². The minimum absolute atomic E-state index is 0.0792. The molecule has 24 heavy (non-hydrogen) atoms. The molecule has 1 saturated heterocycles. The monoisotopic (exact) mass is 331 g/mol. The van der Waals surface area contributed by atoms with Crippen LogP contribution < -0.4 is 9.47 Å². The van der Waals surface area contributed by atoms with Crippen LogP contribution in [0.25, 0.3) is 0 Å². The molecule has 0 radical (unpaired) electrons. The maximum Gasteiger partial charge on any atom is 0.261 e. The summed E-state index contributed by atoms with van der Waals surface area (Å²) in [4.78, 5) is 19.0. The summed E-state index contributed by atoms with van der Waals surface area (Å²) >= 11 is 0. The number of methoxy groups -OCH3 is 2.